The highest BCUT2D eigenvalue weighted by atomic mass is 35.5. The van der Waals surface area contributed by atoms with Gasteiger partial charge in [0, 0.05) is 44.8 Å². The average Bonchev–Trinajstić information content (AvgIpc) is 2.92. The van der Waals surface area contributed by atoms with E-state index in [1.807, 2.05) is 44.2 Å². The molecule has 0 aliphatic carbocycles. The number of para-hydroxylation sites is 1. The van der Waals surface area contributed by atoms with Crippen molar-refractivity contribution in [3.05, 3.63) is 46.7 Å². The lowest BCUT2D eigenvalue weighted by molar-refractivity contribution is -0.122. The Bertz CT molecular complexity index is 738. The molecule has 1 saturated heterocycles. The summed E-state index contributed by atoms with van der Waals surface area (Å²) in [6, 6.07) is 9.95. The second kappa shape index (κ2) is 8.66. The number of likely N-dealkylation sites (N-methyl/N-ethyl adjacent to an activating group) is 1. The van der Waals surface area contributed by atoms with Crippen molar-refractivity contribution in [3.8, 4) is 5.69 Å². The molecule has 1 amide bonds. The van der Waals surface area contributed by atoms with Crippen molar-refractivity contribution >= 4 is 17.5 Å². The summed E-state index contributed by atoms with van der Waals surface area (Å²) in [4.78, 5) is 16.3. The SMILES string of the molecule is CCNC(=O)CN1CCN(Cc2c(C)nn(-c3ccccc3)c2Cl)CC1. The number of rotatable bonds is 6. The lowest BCUT2D eigenvalue weighted by Gasteiger charge is -2.34. The number of piperazine rings is 1. The van der Waals surface area contributed by atoms with E-state index in [-0.39, 0.29) is 5.91 Å². The van der Waals surface area contributed by atoms with E-state index in [1.165, 1.54) is 0 Å². The molecule has 140 valence electrons. The topological polar surface area (TPSA) is 53.4 Å². The Morgan fingerprint density at radius 1 is 1.15 bits per heavy atom. The van der Waals surface area contributed by atoms with Crippen molar-refractivity contribution in [1.82, 2.24) is 24.9 Å². The summed E-state index contributed by atoms with van der Waals surface area (Å²) < 4.78 is 1.80. The summed E-state index contributed by atoms with van der Waals surface area (Å²) in [7, 11) is 0. The number of carbonyl (C=O) groups is 1. The van der Waals surface area contributed by atoms with Gasteiger partial charge < -0.3 is 5.32 Å². The Labute approximate surface area is 159 Å². The first-order chi connectivity index (χ1) is 12.6. The molecule has 3 rings (SSSR count). The monoisotopic (exact) mass is 375 g/mol. The summed E-state index contributed by atoms with van der Waals surface area (Å²) in [5, 5.41) is 8.15. The van der Waals surface area contributed by atoms with Crippen LogP contribution in [0.2, 0.25) is 5.15 Å². The number of amides is 1. The van der Waals surface area contributed by atoms with Gasteiger partial charge in [-0.2, -0.15) is 5.10 Å². The van der Waals surface area contributed by atoms with Crippen LogP contribution in [0.25, 0.3) is 5.69 Å². The number of nitrogens with zero attached hydrogens (tertiary/aromatic N) is 4. The second-order valence-corrected chi connectivity index (χ2v) is 6.97. The third-order valence-corrected chi connectivity index (χ3v) is 5.10. The molecule has 1 aliphatic rings. The van der Waals surface area contributed by atoms with Crippen molar-refractivity contribution in [2.24, 2.45) is 0 Å². The summed E-state index contributed by atoms with van der Waals surface area (Å²) in [5.41, 5.74) is 3.01. The van der Waals surface area contributed by atoms with E-state index in [0.29, 0.717) is 18.2 Å². The fourth-order valence-corrected chi connectivity index (χ4v) is 3.57. The van der Waals surface area contributed by atoms with E-state index in [0.717, 1.165) is 49.7 Å². The van der Waals surface area contributed by atoms with Crippen molar-refractivity contribution in [1.29, 1.82) is 0 Å². The van der Waals surface area contributed by atoms with Crippen LogP contribution in [0.4, 0.5) is 0 Å². The van der Waals surface area contributed by atoms with Crippen LogP contribution in [-0.4, -0.2) is 64.8 Å². The Hall–Kier alpha value is -1.89. The summed E-state index contributed by atoms with van der Waals surface area (Å²) in [6.07, 6.45) is 0. The first-order valence-corrected chi connectivity index (χ1v) is 9.47. The predicted molar refractivity (Wildman–Crippen MR) is 104 cm³/mol. The molecule has 0 spiro atoms. The molecule has 0 saturated carbocycles. The first-order valence-electron chi connectivity index (χ1n) is 9.09. The van der Waals surface area contributed by atoms with Crippen molar-refractivity contribution in [3.63, 3.8) is 0 Å². The van der Waals surface area contributed by atoms with Crippen LogP contribution < -0.4 is 5.32 Å². The average molecular weight is 376 g/mol. The van der Waals surface area contributed by atoms with Gasteiger partial charge in [0.05, 0.1) is 17.9 Å². The van der Waals surface area contributed by atoms with Crippen LogP contribution in [0, 0.1) is 6.92 Å². The van der Waals surface area contributed by atoms with E-state index >= 15 is 0 Å². The molecule has 1 aromatic carbocycles. The number of carbonyl (C=O) groups excluding carboxylic acids is 1. The molecule has 1 fully saturated rings. The number of hydrogen-bond acceptors (Lipinski definition) is 4. The van der Waals surface area contributed by atoms with Gasteiger partial charge in [-0.15, -0.1) is 0 Å². The van der Waals surface area contributed by atoms with Crippen LogP contribution in [0.1, 0.15) is 18.2 Å². The van der Waals surface area contributed by atoms with Gasteiger partial charge in [-0.25, -0.2) is 4.68 Å². The summed E-state index contributed by atoms with van der Waals surface area (Å²) in [6.45, 7) is 9.52. The molecule has 6 nitrogen and oxygen atoms in total. The molecule has 7 heteroatoms. The normalized spacial score (nSPS) is 16.0. The Kier molecular flexibility index (Phi) is 6.29. The van der Waals surface area contributed by atoms with Gasteiger partial charge in [0.15, 0.2) is 0 Å². The van der Waals surface area contributed by atoms with Gasteiger partial charge in [-0.3, -0.25) is 14.6 Å². The van der Waals surface area contributed by atoms with E-state index < -0.39 is 0 Å². The van der Waals surface area contributed by atoms with Crippen molar-refractivity contribution in [2.75, 3.05) is 39.3 Å². The van der Waals surface area contributed by atoms with Gasteiger partial charge in [-0.1, -0.05) is 29.8 Å². The number of aryl methyl sites for hydroxylation is 1. The van der Waals surface area contributed by atoms with Gasteiger partial charge >= 0.3 is 0 Å². The largest absolute Gasteiger partial charge is 0.355 e. The van der Waals surface area contributed by atoms with Crippen LogP contribution in [-0.2, 0) is 11.3 Å². The van der Waals surface area contributed by atoms with Gasteiger partial charge in [0.2, 0.25) is 5.91 Å². The minimum Gasteiger partial charge on any atom is -0.355 e. The predicted octanol–water partition coefficient (Wildman–Crippen LogP) is 2.09. The van der Waals surface area contributed by atoms with Crippen molar-refractivity contribution in [2.45, 2.75) is 20.4 Å². The Morgan fingerprint density at radius 3 is 2.46 bits per heavy atom. The van der Waals surface area contributed by atoms with Crippen LogP contribution in [0.3, 0.4) is 0 Å². The maximum absolute atomic E-state index is 11.7. The molecular formula is C19H26ClN5O. The third-order valence-electron chi connectivity index (χ3n) is 4.71. The van der Waals surface area contributed by atoms with E-state index in [2.05, 4.69) is 20.2 Å². The van der Waals surface area contributed by atoms with Crippen LogP contribution >= 0.6 is 11.6 Å². The van der Waals surface area contributed by atoms with Gasteiger partial charge in [0.25, 0.3) is 0 Å². The molecule has 26 heavy (non-hydrogen) atoms. The maximum Gasteiger partial charge on any atom is 0.234 e. The molecule has 1 aliphatic heterocycles. The standard InChI is InChI=1S/C19H26ClN5O/c1-3-21-18(26)14-24-11-9-23(10-12-24)13-17-15(2)22-25(19(17)20)16-7-5-4-6-8-16/h4-8H,3,9-14H2,1-2H3,(H,21,26). The highest BCUT2D eigenvalue weighted by Crippen LogP contribution is 2.25. The summed E-state index contributed by atoms with van der Waals surface area (Å²) in [5.74, 6) is 0.101. The molecule has 1 N–H and O–H groups in total. The molecule has 0 bridgehead atoms. The van der Waals surface area contributed by atoms with Crippen molar-refractivity contribution < 1.29 is 4.79 Å². The highest BCUT2D eigenvalue weighted by Gasteiger charge is 2.22. The van der Waals surface area contributed by atoms with E-state index in [9.17, 15) is 4.79 Å². The molecular weight excluding hydrogens is 350 g/mol. The molecule has 0 atom stereocenters. The number of hydrogen-bond donors (Lipinski definition) is 1. The first kappa shape index (κ1) is 18.9. The second-order valence-electron chi connectivity index (χ2n) is 6.61. The number of nitrogens with one attached hydrogen (secondary N) is 1. The van der Waals surface area contributed by atoms with Gasteiger partial charge in [0.1, 0.15) is 5.15 Å². The van der Waals surface area contributed by atoms with E-state index in [1.54, 1.807) is 4.68 Å². The lowest BCUT2D eigenvalue weighted by Crippen LogP contribution is -2.49. The zero-order chi connectivity index (χ0) is 18.5. The fraction of sp³-hybridized carbons (Fsp3) is 0.474. The number of halogens is 1. The summed E-state index contributed by atoms with van der Waals surface area (Å²) >= 11 is 6.63. The zero-order valence-corrected chi connectivity index (χ0v) is 16.2. The fourth-order valence-electron chi connectivity index (χ4n) is 3.24. The third kappa shape index (κ3) is 4.44. The molecule has 0 radical (unpaired) electrons. The minimum absolute atomic E-state index is 0.101. The smallest absolute Gasteiger partial charge is 0.234 e. The van der Waals surface area contributed by atoms with E-state index in [4.69, 9.17) is 11.6 Å². The molecule has 1 aromatic heterocycles. The van der Waals surface area contributed by atoms with Gasteiger partial charge in [-0.05, 0) is 26.0 Å². The molecule has 0 unspecified atom stereocenters. The molecule has 2 aromatic rings. The zero-order valence-electron chi connectivity index (χ0n) is 15.4. The maximum atomic E-state index is 11.7. The minimum atomic E-state index is 0.101. The van der Waals surface area contributed by atoms with Crippen LogP contribution in [0.15, 0.2) is 30.3 Å². The quantitative estimate of drug-likeness (QED) is 0.840. The van der Waals surface area contributed by atoms with Crippen LogP contribution in [0.5, 0.6) is 0 Å². The number of benzene rings is 1. The molecule has 2 heterocycles. The number of aromatic nitrogens is 2. The Morgan fingerprint density at radius 2 is 1.81 bits per heavy atom. The lowest BCUT2D eigenvalue weighted by atomic mass is 10.2. The highest BCUT2D eigenvalue weighted by molar-refractivity contribution is 6.30. The Balaban J connectivity index is 1.61.